The molecule has 0 radical (unpaired) electrons. The van der Waals surface area contributed by atoms with E-state index in [-0.39, 0.29) is 59.1 Å². The van der Waals surface area contributed by atoms with Crippen molar-refractivity contribution >= 4 is 53.3 Å². The zero-order valence-electron chi connectivity index (χ0n) is 21.9. The van der Waals surface area contributed by atoms with Crippen molar-refractivity contribution in [2.45, 2.75) is 121 Å². The Labute approximate surface area is 270 Å². The number of carbonyl (C=O) groups is 2. The number of carboxylic acid groups (broad SMARTS) is 1. The second kappa shape index (κ2) is 31.7. The molecule has 0 rings (SSSR count). The Kier molecular flexibility index (Phi) is 39.5. The first-order valence-electron chi connectivity index (χ1n) is 12.1. The second-order valence-corrected chi connectivity index (χ2v) is 11.6. The van der Waals surface area contributed by atoms with Crippen LogP contribution < -0.4 is 64.4 Å². The van der Waals surface area contributed by atoms with Gasteiger partial charge in [0.15, 0.2) is 5.25 Å². The molecular weight excluding hydrogens is 548 g/mol. The predicted molar refractivity (Wildman–Crippen MR) is 140 cm³/mol. The Bertz CT molecular complexity index is 648. The van der Waals surface area contributed by atoms with Gasteiger partial charge in [-0.05, 0) is 6.42 Å². The number of hydrogen-bond donors (Lipinski definition) is 2. The van der Waals surface area contributed by atoms with Crippen molar-refractivity contribution in [3.63, 3.8) is 0 Å². The van der Waals surface area contributed by atoms with Crippen LogP contribution in [-0.4, -0.2) is 41.7 Å². The van der Waals surface area contributed by atoms with Gasteiger partial charge in [0.2, 0.25) is 5.91 Å². The third-order valence-electron chi connectivity index (χ3n) is 5.35. The summed E-state index contributed by atoms with van der Waals surface area (Å²) in [5.41, 5.74) is 0. The molecule has 1 unspecified atom stereocenters. The molecule has 1 atom stereocenters. The molecule has 0 saturated carbocycles. The molecule has 0 aliphatic carbocycles. The maximum atomic E-state index is 11.6. The monoisotopic (exact) mass is 590 g/mol. The van der Waals surface area contributed by atoms with Crippen LogP contribution in [0.1, 0.15) is 116 Å². The Morgan fingerprint density at radius 3 is 1.40 bits per heavy atom. The predicted octanol–water partition coefficient (Wildman–Crippen LogP) is -1.25. The molecule has 0 bridgehead atoms. The average molecular weight is 591 g/mol. The van der Waals surface area contributed by atoms with Gasteiger partial charge in [-0.1, -0.05) is 103 Å². The molecule has 0 spiro atoms. The largest absolute Gasteiger partial charge is 1.00 e. The molecule has 0 saturated heterocycles. The summed E-state index contributed by atoms with van der Waals surface area (Å²) in [6, 6.07) is 0. The van der Waals surface area contributed by atoms with E-state index in [9.17, 15) is 22.6 Å². The number of nitrogens with one attached hydrogen (secondary N) is 1. The second-order valence-electron chi connectivity index (χ2n) is 8.25. The van der Waals surface area contributed by atoms with Gasteiger partial charge in [0.25, 0.3) is 0 Å². The molecule has 0 aromatic rings. The van der Waals surface area contributed by atoms with E-state index in [1.807, 2.05) is 0 Å². The summed E-state index contributed by atoms with van der Waals surface area (Å²) in [6.45, 7) is 2.61. The number of amides is 1. The van der Waals surface area contributed by atoms with Gasteiger partial charge in [-0.2, -0.15) is 0 Å². The maximum absolute atomic E-state index is 11.6. The van der Waals surface area contributed by atoms with Gasteiger partial charge in [0.05, 0.1) is 6.42 Å². The average Bonchev–Trinajstić information content (AvgIpc) is 2.73. The van der Waals surface area contributed by atoms with Crippen LogP contribution in [0, 0.1) is 0 Å². The van der Waals surface area contributed by atoms with Gasteiger partial charge in [-0.3, -0.25) is 9.59 Å². The Balaban J connectivity index is -0.000000909. The summed E-state index contributed by atoms with van der Waals surface area (Å²) in [5, 5.41) is 8.98. The minimum Gasteiger partial charge on any atom is -0.747 e. The van der Waals surface area contributed by atoms with E-state index in [1.165, 1.54) is 83.5 Å². The fourth-order valence-corrected chi connectivity index (χ4v) is 4.06. The fraction of sp³-hybridized carbons (Fsp3) is 0.909. The van der Waals surface area contributed by atoms with Crippen molar-refractivity contribution in [2.24, 2.45) is 0 Å². The Hall–Kier alpha value is 1.51. The van der Waals surface area contributed by atoms with E-state index in [0.717, 1.165) is 28.1 Å². The first-order valence-corrected chi connectivity index (χ1v) is 16.2. The molecule has 0 aromatic carbocycles. The van der Waals surface area contributed by atoms with E-state index in [1.54, 1.807) is 0 Å². The molecule has 0 aliphatic heterocycles. The first-order chi connectivity index (χ1) is 15.7. The molecule has 35 heavy (non-hydrogen) atoms. The van der Waals surface area contributed by atoms with Gasteiger partial charge in [0, 0.05) is 37.8 Å². The van der Waals surface area contributed by atoms with Crippen molar-refractivity contribution in [2.75, 3.05) is 6.54 Å². The van der Waals surface area contributed by atoms with Gasteiger partial charge in [-0.25, -0.2) is 8.42 Å². The van der Waals surface area contributed by atoms with E-state index in [2.05, 4.69) is 34.6 Å². The van der Waals surface area contributed by atoms with Gasteiger partial charge >= 0.3 is 65.1 Å². The van der Waals surface area contributed by atoms with Crippen molar-refractivity contribution in [1.82, 2.24) is 5.32 Å². The standard InChI is InChI=1S/C22H43NO6S.2Na.S3/c1-2-3-4-5-6-7-8-9-10-11-12-13-14-15-16-17-18-23-21(24)19-20(22(25)26)30(27,28)29;;;1-3-2/h20H,2-19H2,1H3,(H,23,24)(H,25,26)(H,27,28,29);;;/q;2*+1;/p-1. The molecule has 7 nitrogen and oxygen atoms in total. The first kappa shape index (κ1) is 43.6. The van der Waals surface area contributed by atoms with Crippen molar-refractivity contribution in [3.05, 3.63) is 0 Å². The molecule has 13 heteroatoms. The van der Waals surface area contributed by atoms with E-state index < -0.39 is 33.7 Å². The zero-order chi connectivity index (χ0) is 25.4. The molecule has 196 valence electrons. The Morgan fingerprint density at radius 2 is 1.11 bits per heavy atom. The minimum absolute atomic E-state index is 0. The van der Waals surface area contributed by atoms with Crippen LogP contribution >= 0.6 is 0 Å². The van der Waals surface area contributed by atoms with E-state index in [0.29, 0.717) is 6.54 Å². The third kappa shape index (κ3) is 33.5. The van der Waals surface area contributed by atoms with Crippen molar-refractivity contribution in [3.8, 4) is 0 Å². The smallest absolute Gasteiger partial charge is 0.747 e. The minimum atomic E-state index is -5.03. The third-order valence-corrected chi connectivity index (χ3v) is 6.41. The zero-order valence-corrected chi connectivity index (χ0v) is 29.2. The van der Waals surface area contributed by atoms with Crippen LogP contribution in [0.2, 0.25) is 0 Å². The van der Waals surface area contributed by atoms with Crippen LogP contribution in [0.25, 0.3) is 0 Å². The topological polar surface area (TPSA) is 124 Å². The number of carboxylic acids is 1. The molecule has 0 fully saturated rings. The maximum Gasteiger partial charge on any atom is 1.00 e. The summed E-state index contributed by atoms with van der Waals surface area (Å²) < 4.78 is 32.5. The summed E-state index contributed by atoms with van der Waals surface area (Å²) in [7, 11) is -4.11. The van der Waals surface area contributed by atoms with E-state index >= 15 is 0 Å². The molecule has 1 amide bonds. The summed E-state index contributed by atoms with van der Waals surface area (Å²) in [4.78, 5) is 22.3. The summed E-state index contributed by atoms with van der Waals surface area (Å²) in [6.07, 6.45) is 19.2. The van der Waals surface area contributed by atoms with Crippen molar-refractivity contribution in [1.29, 1.82) is 0 Å². The SMILES string of the molecule is CCCCCCCCCCCCCCCCCCNC(=O)CC(C(=O)O)S(=O)(=O)[O-].S=S=S.[Na+].[Na+]. The Morgan fingerprint density at radius 1 is 0.800 bits per heavy atom. The van der Waals surface area contributed by atoms with Crippen LogP contribution in [0.4, 0.5) is 0 Å². The van der Waals surface area contributed by atoms with Crippen LogP contribution in [0.3, 0.4) is 0 Å². The van der Waals surface area contributed by atoms with Crippen LogP contribution in [0.15, 0.2) is 0 Å². The molecule has 2 N–H and O–H groups in total. The quantitative estimate of drug-likeness (QED) is 0.0967. The number of unbranched alkanes of at least 4 members (excludes halogenated alkanes) is 15. The van der Waals surface area contributed by atoms with Gasteiger partial charge < -0.3 is 15.0 Å². The van der Waals surface area contributed by atoms with Gasteiger partial charge in [-0.15, -0.1) is 0 Å². The molecule has 0 aliphatic rings. The molecule has 0 aromatic heterocycles. The fourth-order valence-electron chi connectivity index (χ4n) is 3.45. The number of hydrogen-bond acceptors (Lipinski definition) is 7. The molecular formula is C22H42NNa2O6S4+. The molecule has 0 heterocycles. The number of rotatable bonds is 21. The van der Waals surface area contributed by atoms with Crippen LogP contribution in [0.5, 0.6) is 0 Å². The summed E-state index contributed by atoms with van der Waals surface area (Å²) in [5.74, 6) is -2.51. The van der Waals surface area contributed by atoms with E-state index in [4.69, 9.17) is 5.11 Å². The number of carbonyl (C=O) groups excluding carboxylic acids is 1. The summed E-state index contributed by atoms with van der Waals surface area (Å²) >= 11 is 8.25. The normalized spacial score (nSPS) is 11.1. The van der Waals surface area contributed by atoms with Crippen LogP contribution in [-0.2, 0) is 51.0 Å². The van der Waals surface area contributed by atoms with Gasteiger partial charge in [0.1, 0.15) is 10.1 Å². The van der Waals surface area contributed by atoms with Crippen molar-refractivity contribution < 1.29 is 86.8 Å². The number of aliphatic carboxylic acids is 1.